The molecule has 4 nitrogen and oxygen atoms in total. The Labute approximate surface area is 72.7 Å². The predicted octanol–water partition coefficient (Wildman–Crippen LogP) is 0.303. The fourth-order valence-corrected chi connectivity index (χ4v) is 0.735. The first-order valence-corrected chi connectivity index (χ1v) is 4.96. The fraction of sp³-hybridized carbons (Fsp3) is 0.714. The summed E-state index contributed by atoms with van der Waals surface area (Å²) in [4.78, 5) is 0. The van der Waals surface area contributed by atoms with Crippen LogP contribution in [0.5, 0.6) is 0 Å². The third kappa shape index (κ3) is 5.13. The summed E-state index contributed by atoms with van der Waals surface area (Å²) in [6.07, 6.45) is 5.38. The molecule has 70 valence electrons. The second kappa shape index (κ2) is 5.14. The van der Waals surface area contributed by atoms with Crippen molar-refractivity contribution >= 4 is 10.1 Å². The number of hydrogen-bond acceptors (Lipinski definition) is 3. The zero-order valence-corrected chi connectivity index (χ0v) is 7.67. The molecule has 0 aromatic rings. The molecule has 1 N–H and O–H groups in total. The Kier molecular flexibility index (Phi) is 4.90. The highest BCUT2D eigenvalue weighted by atomic mass is 32.2. The van der Waals surface area contributed by atoms with Gasteiger partial charge in [0.15, 0.2) is 0 Å². The van der Waals surface area contributed by atoms with Gasteiger partial charge in [-0.2, -0.15) is 8.42 Å². The van der Waals surface area contributed by atoms with Crippen LogP contribution in [-0.4, -0.2) is 31.4 Å². The fourth-order valence-electron chi connectivity index (χ4n) is 0.466. The van der Waals surface area contributed by atoms with E-state index in [0.29, 0.717) is 13.0 Å². The average molecular weight is 192 g/mol. The van der Waals surface area contributed by atoms with Gasteiger partial charge in [-0.05, 0) is 6.92 Å². The number of hydrogen-bond donors (Lipinski definition) is 1. The predicted molar refractivity (Wildman–Crippen MR) is 45.3 cm³/mol. The third-order valence-electron chi connectivity index (χ3n) is 1.25. The van der Waals surface area contributed by atoms with E-state index in [1.807, 2.05) is 0 Å². The quantitative estimate of drug-likeness (QED) is 0.386. The van der Waals surface area contributed by atoms with E-state index >= 15 is 0 Å². The Morgan fingerprint density at radius 2 is 2.25 bits per heavy atom. The Balaban J connectivity index is 3.60. The lowest BCUT2D eigenvalue weighted by atomic mass is 10.5. The molecule has 0 saturated heterocycles. The summed E-state index contributed by atoms with van der Waals surface area (Å²) in [5, 5.41) is -0.893. The Bertz CT molecular complexity index is 249. The second-order valence-corrected chi connectivity index (χ2v) is 4.19. The number of ether oxygens (including phenoxy) is 1. The van der Waals surface area contributed by atoms with Crippen LogP contribution in [-0.2, 0) is 14.9 Å². The Morgan fingerprint density at radius 3 is 2.67 bits per heavy atom. The molecule has 1 unspecified atom stereocenters. The van der Waals surface area contributed by atoms with Crippen LogP contribution in [0.25, 0.3) is 0 Å². The number of rotatable bonds is 5. The SMILES string of the molecule is C#CCCOCC(C)S(=O)(=O)O. The van der Waals surface area contributed by atoms with Crippen molar-refractivity contribution in [2.75, 3.05) is 13.2 Å². The second-order valence-electron chi connectivity index (χ2n) is 2.35. The molecule has 0 aliphatic rings. The van der Waals surface area contributed by atoms with Crippen molar-refractivity contribution in [1.29, 1.82) is 0 Å². The molecule has 0 rings (SSSR count). The van der Waals surface area contributed by atoms with Crippen LogP contribution in [0, 0.1) is 12.3 Å². The van der Waals surface area contributed by atoms with Crippen LogP contribution < -0.4 is 0 Å². The van der Waals surface area contributed by atoms with Crippen molar-refractivity contribution in [3.8, 4) is 12.3 Å². The van der Waals surface area contributed by atoms with Gasteiger partial charge in [0.2, 0.25) is 0 Å². The van der Waals surface area contributed by atoms with Crippen LogP contribution >= 0.6 is 0 Å². The van der Waals surface area contributed by atoms with Gasteiger partial charge in [-0.1, -0.05) is 0 Å². The van der Waals surface area contributed by atoms with Gasteiger partial charge >= 0.3 is 0 Å². The van der Waals surface area contributed by atoms with Gasteiger partial charge in [0.1, 0.15) is 5.25 Å². The lowest BCUT2D eigenvalue weighted by Crippen LogP contribution is -2.22. The van der Waals surface area contributed by atoms with E-state index in [4.69, 9.17) is 15.7 Å². The minimum Gasteiger partial charge on any atom is -0.379 e. The molecule has 0 aromatic heterocycles. The molecule has 0 aliphatic carbocycles. The molecule has 0 amide bonds. The van der Waals surface area contributed by atoms with Crippen molar-refractivity contribution < 1.29 is 17.7 Å². The summed E-state index contributed by atoms with van der Waals surface area (Å²) in [6, 6.07) is 0. The normalized spacial score (nSPS) is 13.8. The van der Waals surface area contributed by atoms with Crippen LogP contribution in [0.2, 0.25) is 0 Å². The van der Waals surface area contributed by atoms with Crippen molar-refractivity contribution in [1.82, 2.24) is 0 Å². The molecule has 0 bridgehead atoms. The number of terminal acetylenes is 1. The summed E-state index contributed by atoms with van der Waals surface area (Å²) in [5.41, 5.74) is 0. The van der Waals surface area contributed by atoms with E-state index in [1.165, 1.54) is 6.92 Å². The van der Waals surface area contributed by atoms with E-state index in [1.54, 1.807) is 0 Å². The summed E-state index contributed by atoms with van der Waals surface area (Å²) >= 11 is 0. The van der Waals surface area contributed by atoms with E-state index in [9.17, 15) is 8.42 Å². The summed E-state index contributed by atoms with van der Waals surface area (Å²) < 4.78 is 34.2. The van der Waals surface area contributed by atoms with Crippen LogP contribution in [0.3, 0.4) is 0 Å². The maximum absolute atomic E-state index is 10.4. The van der Waals surface area contributed by atoms with E-state index in [-0.39, 0.29) is 6.61 Å². The van der Waals surface area contributed by atoms with Gasteiger partial charge in [0.25, 0.3) is 10.1 Å². The first-order valence-electron chi connectivity index (χ1n) is 3.46. The highest BCUT2D eigenvalue weighted by Crippen LogP contribution is 1.97. The van der Waals surface area contributed by atoms with Gasteiger partial charge in [-0.3, -0.25) is 4.55 Å². The lowest BCUT2D eigenvalue weighted by molar-refractivity contribution is 0.140. The molecule has 0 aromatic carbocycles. The molecule has 1 atom stereocenters. The largest absolute Gasteiger partial charge is 0.379 e. The minimum absolute atomic E-state index is 0.0273. The Hall–Kier alpha value is -0.570. The van der Waals surface area contributed by atoms with Gasteiger partial charge < -0.3 is 4.74 Å². The van der Waals surface area contributed by atoms with Crippen LogP contribution in [0.4, 0.5) is 0 Å². The maximum atomic E-state index is 10.4. The molecule has 5 heteroatoms. The molecule has 12 heavy (non-hydrogen) atoms. The van der Waals surface area contributed by atoms with Crippen molar-refractivity contribution in [2.45, 2.75) is 18.6 Å². The summed E-state index contributed by atoms with van der Waals surface area (Å²) in [6.45, 7) is 1.65. The van der Waals surface area contributed by atoms with E-state index < -0.39 is 15.4 Å². The lowest BCUT2D eigenvalue weighted by Gasteiger charge is -2.07. The third-order valence-corrected chi connectivity index (χ3v) is 2.40. The molecule has 0 aliphatic heterocycles. The molecule has 0 heterocycles. The van der Waals surface area contributed by atoms with Gasteiger partial charge in [0, 0.05) is 6.42 Å². The standard InChI is InChI=1S/C7H12O4S/c1-3-4-5-11-6-7(2)12(8,9)10/h1,7H,4-6H2,2H3,(H,8,9,10). The maximum Gasteiger partial charge on any atom is 0.269 e. The highest BCUT2D eigenvalue weighted by molar-refractivity contribution is 7.86. The highest BCUT2D eigenvalue weighted by Gasteiger charge is 2.16. The molecule has 0 saturated carbocycles. The molecule has 0 spiro atoms. The van der Waals surface area contributed by atoms with E-state index in [2.05, 4.69) is 5.92 Å². The Morgan fingerprint density at radius 1 is 1.67 bits per heavy atom. The van der Waals surface area contributed by atoms with Crippen molar-refractivity contribution in [2.24, 2.45) is 0 Å². The zero-order valence-electron chi connectivity index (χ0n) is 6.86. The molecule has 0 fully saturated rings. The molecule has 0 radical (unpaired) electrons. The van der Waals surface area contributed by atoms with Crippen LogP contribution in [0.1, 0.15) is 13.3 Å². The topological polar surface area (TPSA) is 63.6 Å². The summed E-state index contributed by atoms with van der Waals surface area (Å²) in [7, 11) is -3.97. The van der Waals surface area contributed by atoms with Crippen LogP contribution in [0.15, 0.2) is 0 Å². The monoisotopic (exact) mass is 192 g/mol. The molecular weight excluding hydrogens is 180 g/mol. The van der Waals surface area contributed by atoms with Crippen molar-refractivity contribution in [3.63, 3.8) is 0 Å². The van der Waals surface area contributed by atoms with Gasteiger partial charge in [0.05, 0.1) is 13.2 Å². The first-order chi connectivity index (χ1) is 5.48. The van der Waals surface area contributed by atoms with E-state index in [0.717, 1.165) is 0 Å². The zero-order chi connectivity index (χ0) is 9.61. The minimum atomic E-state index is -3.97. The van der Waals surface area contributed by atoms with Crippen molar-refractivity contribution in [3.05, 3.63) is 0 Å². The summed E-state index contributed by atoms with van der Waals surface area (Å²) in [5.74, 6) is 2.34. The average Bonchev–Trinajstić information content (AvgIpc) is 1.96. The first kappa shape index (κ1) is 11.4. The smallest absolute Gasteiger partial charge is 0.269 e. The molecular formula is C7H12O4S. The van der Waals surface area contributed by atoms with Gasteiger partial charge in [-0.25, -0.2) is 0 Å². The van der Waals surface area contributed by atoms with Gasteiger partial charge in [-0.15, -0.1) is 12.3 Å².